The third kappa shape index (κ3) is 2.30. The van der Waals surface area contributed by atoms with Gasteiger partial charge in [-0.15, -0.1) is 0 Å². The van der Waals surface area contributed by atoms with Crippen LogP contribution in [0.25, 0.3) is 0 Å². The van der Waals surface area contributed by atoms with E-state index in [0.29, 0.717) is 5.56 Å². The molecule has 0 unspecified atom stereocenters. The highest BCUT2D eigenvalue weighted by Gasteiger charge is 2.16. The zero-order valence-corrected chi connectivity index (χ0v) is 8.24. The number of hydrogen-bond acceptors (Lipinski definition) is 4. The van der Waals surface area contributed by atoms with E-state index in [-0.39, 0.29) is 24.2 Å². The zero-order valence-electron chi connectivity index (χ0n) is 8.24. The first kappa shape index (κ1) is 12.0. The second-order valence-electron chi connectivity index (χ2n) is 2.97. The van der Waals surface area contributed by atoms with Gasteiger partial charge in [0.05, 0.1) is 29.8 Å². The highest BCUT2D eigenvalue weighted by molar-refractivity contribution is 5.43. The standard InChI is InChI=1S/C10H8F2N4/c11-10(12)8-3-6(4-14)7(1-2-13)9(5-15)16-8/h3,10H,1,5,15H2. The predicted molar refractivity (Wildman–Crippen MR) is 51.1 cm³/mol. The Morgan fingerprint density at radius 2 is 2.12 bits per heavy atom. The molecule has 0 saturated carbocycles. The number of aromatic nitrogens is 1. The Kier molecular flexibility index (Phi) is 3.87. The van der Waals surface area contributed by atoms with Crippen molar-refractivity contribution in [1.29, 1.82) is 10.5 Å². The Morgan fingerprint density at radius 3 is 2.56 bits per heavy atom. The van der Waals surface area contributed by atoms with Gasteiger partial charge in [0.15, 0.2) is 0 Å². The van der Waals surface area contributed by atoms with Crippen LogP contribution < -0.4 is 5.73 Å². The van der Waals surface area contributed by atoms with Crippen molar-refractivity contribution in [3.8, 4) is 12.1 Å². The Morgan fingerprint density at radius 1 is 1.44 bits per heavy atom. The van der Waals surface area contributed by atoms with Crippen LogP contribution in [-0.2, 0) is 13.0 Å². The lowest BCUT2D eigenvalue weighted by atomic mass is 10.0. The summed E-state index contributed by atoms with van der Waals surface area (Å²) < 4.78 is 24.9. The van der Waals surface area contributed by atoms with Crippen molar-refractivity contribution in [2.24, 2.45) is 5.73 Å². The monoisotopic (exact) mass is 222 g/mol. The maximum Gasteiger partial charge on any atom is 0.280 e. The number of nitriles is 2. The van der Waals surface area contributed by atoms with Gasteiger partial charge in [-0.05, 0) is 6.07 Å². The first-order valence-electron chi connectivity index (χ1n) is 4.42. The maximum atomic E-state index is 12.4. The van der Waals surface area contributed by atoms with Crippen molar-refractivity contribution in [2.45, 2.75) is 19.4 Å². The normalized spacial score (nSPS) is 9.88. The van der Waals surface area contributed by atoms with E-state index < -0.39 is 12.1 Å². The molecule has 0 aliphatic carbocycles. The van der Waals surface area contributed by atoms with Crippen LogP contribution in [0, 0.1) is 22.7 Å². The fourth-order valence-electron chi connectivity index (χ4n) is 1.30. The highest BCUT2D eigenvalue weighted by atomic mass is 19.3. The minimum Gasteiger partial charge on any atom is -0.325 e. The number of hydrogen-bond donors (Lipinski definition) is 1. The fourth-order valence-corrected chi connectivity index (χ4v) is 1.30. The fraction of sp³-hybridized carbons (Fsp3) is 0.300. The van der Waals surface area contributed by atoms with Gasteiger partial charge in [0.1, 0.15) is 5.69 Å². The lowest BCUT2D eigenvalue weighted by Crippen LogP contribution is -2.09. The number of nitrogens with zero attached hydrogens (tertiary/aromatic N) is 3. The summed E-state index contributed by atoms with van der Waals surface area (Å²) in [7, 11) is 0. The van der Waals surface area contributed by atoms with Crippen LogP contribution >= 0.6 is 0 Å². The van der Waals surface area contributed by atoms with Crippen molar-refractivity contribution in [3.05, 3.63) is 28.6 Å². The lowest BCUT2D eigenvalue weighted by molar-refractivity contribution is 0.145. The molecule has 0 aliphatic heterocycles. The van der Waals surface area contributed by atoms with E-state index in [2.05, 4.69) is 4.98 Å². The van der Waals surface area contributed by atoms with E-state index in [1.165, 1.54) is 0 Å². The summed E-state index contributed by atoms with van der Waals surface area (Å²) in [6, 6.07) is 4.61. The number of nitrogens with two attached hydrogens (primary N) is 1. The van der Waals surface area contributed by atoms with Gasteiger partial charge in [-0.2, -0.15) is 10.5 Å². The van der Waals surface area contributed by atoms with Gasteiger partial charge in [-0.3, -0.25) is 4.98 Å². The van der Waals surface area contributed by atoms with E-state index in [1.54, 1.807) is 6.07 Å². The third-order valence-corrected chi connectivity index (χ3v) is 2.02. The number of alkyl halides is 2. The molecule has 1 aromatic rings. The molecule has 0 spiro atoms. The summed E-state index contributed by atoms with van der Waals surface area (Å²) in [5.74, 6) is 0. The molecule has 6 heteroatoms. The minimum absolute atomic E-state index is 0.0345. The van der Waals surface area contributed by atoms with Crippen LogP contribution in [0.2, 0.25) is 0 Å². The molecule has 4 nitrogen and oxygen atoms in total. The Balaban J connectivity index is 3.39. The molecule has 0 radical (unpaired) electrons. The van der Waals surface area contributed by atoms with Gasteiger partial charge in [0.2, 0.25) is 0 Å². The van der Waals surface area contributed by atoms with Gasteiger partial charge in [0.25, 0.3) is 6.43 Å². The molecule has 0 aromatic carbocycles. The van der Waals surface area contributed by atoms with Crippen molar-refractivity contribution >= 4 is 0 Å². The molecule has 16 heavy (non-hydrogen) atoms. The van der Waals surface area contributed by atoms with Crippen molar-refractivity contribution in [3.63, 3.8) is 0 Å². The number of rotatable bonds is 3. The van der Waals surface area contributed by atoms with Crippen molar-refractivity contribution in [2.75, 3.05) is 0 Å². The largest absolute Gasteiger partial charge is 0.325 e. The van der Waals surface area contributed by atoms with Crippen LogP contribution in [0.1, 0.15) is 28.9 Å². The first-order chi connectivity index (χ1) is 7.63. The zero-order chi connectivity index (χ0) is 12.1. The summed E-state index contributed by atoms with van der Waals surface area (Å²) in [4.78, 5) is 3.64. The molecule has 1 aromatic heterocycles. The quantitative estimate of drug-likeness (QED) is 0.837. The molecule has 1 heterocycles. The van der Waals surface area contributed by atoms with Crippen molar-refractivity contribution in [1.82, 2.24) is 4.98 Å². The van der Waals surface area contributed by atoms with Gasteiger partial charge in [0, 0.05) is 12.1 Å². The first-order valence-corrected chi connectivity index (χ1v) is 4.42. The number of halogens is 2. The minimum atomic E-state index is -2.76. The molecule has 1 rings (SSSR count). The molecule has 0 fully saturated rings. The van der Waals surface area contributed by atoms with Gasteiger partial charge < -0.3 is 5.73 Å². The summed E-state index contributed by atoms with van der Waals surface area (Å²) in [6.45, 7) is -0.0771. The number of pyridine rings is 1. The molecule has 82 valence electrons. The van der Waals surface area contributed by atoms with Crippen LogP contribution in [0.15, 0.2) is 6.07 Å². The average Bonchev–Trinajstić information content (AvgIpc) is 2.29. The Labute approximate surface area is 90.9 Å². The molecule has 0 saturated heterocycles. The van der Waals surface area contributed by atoms with E-state index in [1.807, 2.05) is 6.07 Å². The van der Waals surface area contributed by atoms with Crippen LogP contribution in [0.5, 0.6) is 0 Å². The molecular weight excluding hydrogens is 214 g/mol. The van der Waals surface area contributed by atoms with Crippen LogP contribution in [-0.4, -0.2) is 4.98 Å². The Bertz CT molecular complexity index is 471. The van der Waals surface area contributed by atoms with E-state index in [4.69, 9.17) is 16.3 Å². The second-order valence-corrected chi connectivity index (χ2v) is 2.97. The molecule has 0 amide bonds. The molecule has 0 aliphatic rings. The highest BCUT2D eigenvalue weighted by Crippen LogP contribution is 2.22. The third-order valence-electron chi connectivity index (χ3n) is 2.02. The maximum absolute atomic E-state index is 12.4. The summed E-state index contributed by atoms with van der Waals surface area (Å²) in [6.07, 6.45) is -2.82. The van der Waals surface area contributed by atoms with E-state index >= 15 is 0 Å². The SMILES string of the molecule is N#CCc1c(C#N)cc(C(F)F)nc1CN. The van der Waals surface area contributed by atoms with Gasteiger partial charge in [-0.1, -0.05) is 0 Å². The Hall–Kier alpha value is -2.05. The molecule has 2 N–H and O–H groups in total. The van der Waals surface area contributed by atoms with Crippen LogP contribution in [0.4, 0.5) is 8.78 Å². The topological polar surface area (TPSA) is 86.5 Å². The molecule has 0 atom stereocenters. The summed E-state index contributed by atoms with van der Waals surface area (Å²) >= 11 is 0. The van der Waals surface area contributed by atoms with Gasteiger partial charge in [-0.25, -0.2) is 8.78 Å². The molecule has 0 bridgehead atoms. The average molecular weight is 222 g/mol. The van der Waals surface area contributed by atoms with Gasteiger partial charge >= 0.3 is 0 Å². The summed E-state index contributed by atoms with van der Waals surface area (Å²) in [5, 5.41) is 17.4. The summed E-state index contributed by atoms with van der Waals surface area (Å²) in [5.41, 5.74) is 5.40. The van der Waals surface area contributed by atoms with E-state index in [0.717, 1.165) is 6.07 Å². The lowest BCUT2D eigenvalue weighted by Gasteiger charge is -2.08. The molecular formula is C10H8F2N4. The smallest absolute Gasteiger partial charge is 0.280 e. The van der Waals surface area contributed by atoms with Crippen LogP contribution in [0.3, 0.4) is 0 Å². The van der Waals surface area contributed by atoms with E-state index in [9.17, 15) is 8.78 Å². The second kappa shape index (κ2) is 5.15. The van der Waals surface area contributed by atoms with Crippen molar-refractivity contribution < 1.29 is 8.78 Å². The predicted octanol–water partition coefficient (Wildman–Crippen LogP) is 1.42.